The number of amides is 1. The van der Waals surface area contributed by atoms with Gasteiger partial charge in [-0.25, -0.2) is 0 Å². The third kappa shape index (κ3) is 5.04. The standard InChI is InChI=1S/C23H24N2O4/c1-3-28-20-13-12-18(15-21(20)29-4-2)24-22(26)19-11-8-14-25(23(19)27)16-17-9-6-5-7-10-17/h5-15H,3-4,16H2,1-2H3,(H,24,26). The Hall–Kier alpha value is -3.54. The highest BCUT2D eigenvalue weighted by atomic mass is 16.5. The minimum absolute atomic E-state index is 0.0790. The Balaban J connectivity index is 1.81. The van der Waals surface area contributed by atoms with Crippen molar-refractivity contribution >= 4 is 11.6 Å². The van der Waals surface area contributed by atoms with E-state index in [-0.39, 0.29) is 11.1 Å². The van der Waals surface area contributed by atoms with Crippen molar-refractivity contribution < 1.29 is 14.3 Å². The molecule has 1 aromatic heterocycles. The van der Waals surface area contributed by atoms with E-state index in [9.17, 15) is 9.59 Å². The Morgan fingerprint density at radius 3 is 2.38 bits per heavy atom. The summed E-state index contributed by atoms with van der Waals surface area (Å²) in [6, 6.07) is 18.0. The lowest BCUT2D eigenvalue weighted by atomic mass is 10.2. The van der Waals surface area contributed by atoms with Crippen molar-refractivity contribution in [2.24, 2.45) is 0 Å². The fourth-order valence-electron chi connectivity index (χ4n) is 2.94. The maximum Gasteiger partial charge on any atom is 0.263 e. The van der Waals surface area contributed by atoms with Gasteiger partial charge in [-0.05, 0) is 43.7 Å². The molecule has 0 atom stereocenters. The summed E-state index contributed by atoms with van der Waals surface area (Å²) >= 11 is 0. The number of carbonyl (C=O) groups excluding carboxylic acids is 1. The van der Waals surface area contributed by atoms with Crippen LogP contribution in [-0.2, 0) is 6.54 Å². The molecule has 0 saturated carbocycles. The summed E-state index contributed by atoms with van der Waals surface area (Å²) in [6.45, 7) is 5.15. The lowest BCUT2D eigenvalue weighted by Gasteiger charge is -2.13. The molecule has 0 fully saturated rings. The number of ether oxygens (including phenoxy) is 2. The molecule has 1 N–H and O–H groups in total. The second-order valence-electron chi connectivity index (χ2n) is 6.32. The summed E-state index contributed by atoms with van der Waals surface area (Å²) in [5.41, 5.74) is 1.25. The number of hydrogen-bond acceptors (Lipinski definition) is 4. The molecule has 2 aromatic carbocycles. The Morgan fingerprint density at radius 1 is 0.931 bits per heavy atom. The fourth-order valence-corrected chi connectivity index (χ4v) is 2.94. The first-order valence-corrected chi connectivity index (χ1v) is 9.56. The van der Waals surface area contributed by atoms with Crippen LogP contribution in [0.15, 0.2) is 71.7 Å². The van der Waals surface area contributed by atoms with E-state index in [2.05, 4.69) is 5.32 Å². The van der Waals surface area contributed by atoms with Gasteiger partial charge >= 0.3 is 0 Å². The maximum absolute atomic E-state index is 12.8. The number of rotatable bonds is 8. The Kier molecular flexibility index (Phi) is 6.68. The molecule has 6 nitrogen and oxygen atoms in total. The molecular weight excluding hydrogens is 368 g/mol. The van der Waals surface area contributed by atoms with Crippen LogP contribution in [0.1, 0.15) is 29.8 Å². The monoisotopic (exact) mass is 392 g/mol. The third-order valence-electron chi connectivity index (χ3n) is 4.26. The molecular formula is C23H24N2O4. The van der Waals surface area contributed by atoms with Crippen molar-refractivity contribution in [2.45, 2.75) is 20.4 Å². The predicted molar refractivity (Wildman–Crippen MR) is 113 cm³/mol. The van der Waals surface area contributed by atoms with Crippen molar-refractivity contribution in [3.8, 4) is 11.5 Å². The van der Waals surface area contributed by atoms with Crippen LogP contribution in [0.25, 0.3) is 0 Å². The third-order valence-corrected chi connectivity index (χ3v) is 4.26. The highest BCUT2D eigenvalue weighted by molar-refractivity contribution is 6.04. The van der Waals surface area contributed by atoms with Gasteiger partial charge in [0.25, 0.3) is 11.5 Å². The van der Waals surface area contributed by atoms with Crippen LogP contribution in [0.2, 0.25) is 0 Å². The van der Waals surface area contributed by atoms with Crippen LogP contribution >= 0.6 is 0 Å². The van der Waals surface area contributed by atoms with E-state index in [0.717, 1.165) is 5.56 Å². The van der Waals surface area contributed by atoms with E-state index in [1.807, 2.05) is 44.2 Å². The number of pyridine rings is 1. The van der Waals surface area contributed by atoms with Gasteiger partial charge in [0.15, 0.2) is 11.5 Å². The molecule has 0 bridgehead atoms. The largest absolute Gasteiger partial charge is 0.490 e. The first kappa shape index (κ1) is 20.2. The Labute approximate surface area is 169 Å². The first-order chi connectivity index (χ1) is 14.1. The highest BCUT2D eigenvalue weighted by Gasteiger charge is 2.14. The first-order valence-electron chi connectivity index (χ1n) is 9.56. The van der Waals surface area contributed by atoms with Crippen molar-refractivity contribution in [1.82, 2.24) is 4.57 Å². The fraction of sp³-hybridized carbons (Fsp3) is 0.217. The van der Waals surface area contributed by atoms with Crippen LogP contribution in [0.5, 0.6) is 11.5 Å². The van der Waals surface area contributed by atoms with Gasteiger partial charge in [0.05, 0.1) is 19.8 Å². The molecule has 3 rings (SSSR count). The lowest BCUT2D eigenvalue weighted by Crippen LogP contribution is -2.29. The van der Waals surface area contributed by atoms with E-state index < -0.39 is 5.91 Å². The van der Waals surface area contributed by atoms with Gasteiger partial charge in [0, 0.05) is 18.0 Å². The second kappa shape index (κ2) is 9.59. The van der Waals surface area contributed by atoms with Gasteiger partial charge in [0.1, 0.15) is 5.56 Å². The summed E-state index contributed by atoms with van der Waals surface area (Å²) in [5, 5.41) is 2.77. The van der Waals surface area contributed by atoms with Crippen molar-refractivity contribution in [1.29, 1.82) is 0 Å². The van der Waals surface area contributed by atoms with Crippen LogP contribution in [-0.4, -0.2) is 23.7 Å². The molecule has 3 aromatic rings. The molecule has 1 amide bonds. The number of anilines is 1. The SMILES string of the molecule is CCOc1ccc(NC(=O)c2cccn(Cc3ccccc3)c2=O)cc1OCC. The number of aromatic nitrogens is 1. The van der Waals surface area contributed by atoms with E-state index in [1.165, 1.54) is 10.6 Å². The zero-order valence-electron chi connectivity index (χ0n) is 16.6. The van der Waals surface area contributed by atoms with Gasteiger partial charge < -0.3 is 19.4 Å². The summed E-state index contributed by atoms with van der Waals surface area (Å²) < 4.78 is 12.6. The van der Waals surface area contributed by atoms with Gasteiger partial charge in [-0.2, -0.15) is 0 Å². The Bertz CT molecular complexity index is 1030. The molecule has 1 heterocycles. The van der Waals surface area contributed by atoms with Gasteiger partial charge in [-0.1, -0.05) is 30.3 Å². The molecule has 0 aliphatic carbocycles. The normalized spacial score (nSPS) is 10.4. The summed E-state index contributed by atoms with van der Waals surface area (Å²) in [5.74, 6) is 0.683. The number of nitrogens with one attached hydrogen (secondary N) is 1. The molecule has 150 valence electrons. The molecule has 29 heavy (non-hydrogen) atoms. The summed E-state index contributed by atoms with van der Waals surface area (Å²) in [6.07, 6.45) is 1.68. The summed E-state index contributed by atoms with van der Waals surface area (Å²) in [4.78, 5) is 25.5. The van der Waals surface area contributed by atoms with Crippen molar-refractivity contribution in [3.63, 3.8) is 0 Å². The molecule has 0 aliphatic heterocycles. The lowest BCUT2D eigenvalue weighted by molar-refractivity contribution is 0.102. The Morgan fingerprint density at radius 2 is 1.66 bits per heavy atom. The molecule has 0 aliphatic rings. The molecule has 0 spiro atoms. The molecule has 0 saturated heterocycles. The van der Waals surface area contributed by atoms with Crippen LogP contribution < -0.4 is 20.3 Å². The highest BCUT2D eigenvalue weighted by Crippen LogP contribution is 2.30. The molecule has 0 unspecified atom stereocenters. The predicted octanol–water partition coefficient (Wildman–Crippen LogP) is 3.95. The number of benzene rings is 2. The average Bonchev–Trinajstić information content (AvgIpc) is 2.72. The van der Waals surface area contributed by atoms with Crippen LogP contribution in [0.3, 0.4) is 0 Å². The number of carbonyl (C=O) groups is 1. The van der Waals surface area contributed by atoms with Gasteiger partial charge in [-0.15, -0.1) is 0 Å². The van der Waals surface area contributed by atoms with E-state index >= 15 is 0 Å². The summed E-state index contributed by atoms with van der Waals surface area (Å²) in [7, 11) is 0. The maximum atomic E-state index is 12.8. The van der Waals surface area contributed by atoms with Crippen molar-refractivity contribution in [3.05, 3.63) is 88.3 Å². The quantitative estimate of drug-likeness (QED) is 0.630. The minimum Gasteiger partial charge on any atom is -0.490 e. The van der Waals surface area contributed by atoms with E-state index in [4.69, 9.17) is 9.47 Å². The van der Waals surface area contributed by atoms with Gasteiger partial charge in [-0.3, -0.25) is 9.59 Å². The molecule has 0 radical (unpaired) electrons. The number of nitrogens with zero attached hydrogens (tertiary/aromatic N) is 1. The number of hydrogen-bond donors (Lipinski definition) is 1. The van der Waals surface area contributed by atoms with Crippen LogP contribution in [0, 0.1) is 0 Å². The molecule has 6 heteroatoms. The minimum atomic E-state index is -0.468. The second-order valence-corrected chi connectivity index (χ2v) is 6.32. The van der Waals surface area contributed by atoms with E-state index in [1.54, 1.807) is 30.5 Å². The van der Waals surface area contributed by atoms with Crippen molar-refractivity contribution in [2.75, 3.05) is 18.5 Å². The smallest absolute Gasteiger partial charge is 0.263 e. The van der Waals surface area contributed by atoms with Gasteiger partial charge in [0.2, 0.25) is 0 Å². The zero-order valence-corrected chi connectivity index (χ0v) is 16.6. The topological polar surface area (TPSA) is 69.6 Å². The van der Waals surface area contributed by atoms with E-state index in [0.29, 0.717) is 36.9 Å². The zero-order chi connectivity index (χ0) is 20.6. The average molecular weight is 392 g/mol. The van der Waals surface area contributed by atoms with Crippen LogP contribution in [0.4, 0.5) is 5.69 Å².